The molecule has 5 heterocycles. The second-order valence-electron chi connectivity index (χ2n) is 7.76. The van der Waals surface area contributed by atoms with E-state index in [4.69, 9.17) is 4.74 Å². The first-order valence-corrected chi connectivity index (χ1v) is 9.66. The van der Waals surface area contributed by atoms with Crippen molar-refractivity contribution >= 4 is 23.0 Å². The van der Waals surface area contributed by atoms with Gasteiger partial charge in [-0.25, -0.2) is 4.98 Å². The van der Waals surface area contributed by atoms with Gasteiger partial charge < -0.3 is 14.7 Å². The van der Waals surface area contributed by atoms with Gasteiger partial charge in [0.15, 0.2) is 11.3 Å². The summed E-state index contributed by atoms with van der Waals surface area (Å²) in [6.45, 7) is 5.89. The molecule has 3 aromatic rings. The standard InChI is InChI=1S/C19H25N7O/c1-3-13-9-25(19(5-7-20-2)11-27-12-19)10-14(13)18-24-23-16-8-22-17-15(26(16)18)4-6-21-17/h4,6-8,13-14,21H,3,5,9-12H2,1-2H3/t13-,14+/m1/s1. The molecule has 5 rings (SSSR count). The number of fused-ring (bicyclic) bond motifs is 3. The van der Waals surface area contributed by atoms with Gasteiger partial charge in [0, 0.05) is 44.9 Å². The average Bonchev–Trinajstić information content (AvgIpc) is 3.37. The number of hydrogen-bond acceptors (Lipinski definition) is 6. The first-order chi connectivity index (χ1) is 13.3. The van der Waals surface area contributed by atoms with Gasteiger partial charge in [-0.05, 0) is 12.0 Å². The lowest BCUT2D eigenvalue weighted by Crippen LogP contribution is -2.61. The molecule has 0 saturated carbocycles. The van der Waals surface area contributed by atoms with Crippen LogP contribution in [-0.2, 0) is 4.74 Å². The number of likely N-dealkylation sites (tertiary alicyclic amines) is 1. The lowest BCUT2D eigenvalue weighted by Gasteiger charge is -2.47. The van der Waals surface area contributed by atoms with Gasteiger partial charge in [-0.3, -0.25) is 9.30 Å². The van der Waals surface area contributed by atoms with Crippen LogP contribution in [0.25, 0.3) is 16.8 Å². The van der Waals surface area contributed by atoms with Crippen molar-refractivity contribution in [1.82, 2.24) is 29.5 Å². The Morgan fingerprint density at radius 1 is 1.37 bits per heavy atom. The van der Waals surface area contributed by atoms with Gasteiger partial charge in [-0.15, -0.1) is 10.2 Å². The monoisotopic (exact) mass is 367 g/mol. The summed E-state index contributed by atoms with van der Waals surface area (Å²) in [6, 6.07) is 2.05. The highest BCUT2D eigenvalue weighted by Gasteiger charge is 2.49. The first kappa shape index (κ1) is 16.8. The van der Waals surface area contributed by atoms with E-state index in [1.807, 2.05) is 19.5 Å². The van der Waals surface area contributed by atoms with Crippen molar-refractivity contribution in [2.75, 3.05) is 33.4 Å². The maximum absolute atomic E-state index is 5.61. The Balaban J connectivity index is 1.53. The molecule has 1 N–H and O–H groups in total. The van der Waals surface area contributed by atoms with Gasteiger partial charge in [0.2, 0.25) is 0 Å². The highest BCUT2D eigenvalue weighted by atomic mass is 16.5. The van der Waals surface area contributed by atoms with Gasteiger partial charge in [-0.1, -0.05) is 13.3 Å². The van der Waals surface area contributed by atoms with E-state index in [0.29, 0.717) is 11.8 Å². The minimum atomic E-state index is 0.0904. The van der Waals surface area contributed by atoms with Crippen LogP contribution in [0.5, 0.6) is 0 Å². The molecule has 0 radical (unpaired) electrons. The summed E-state index contributed by atoms with van der Waals surface area (Å²) in [7, 11) is 1.84. The summed E-state index contributed by atoms with van der Waals surface area (Å²) < 4.78 is 7.78. The van der Waals surface area contributed by atoms with Crippen LogP contribution in [-0.4, -0.2) is 74.6 Å². The van der Waals surface area contributed by atoms with E-state index in [0.717, 1.165) is 61.8 Å². The van der Waals surface area contributed by atoms with Gasteiger partial charge in [0.25, 0.3) is 0 Å². The summed E-state index contributed by atoms with van der Waals surface area (Å²) in [5.41, 5.74) is 2.81. The van der Waals surface area contributed by atoms with Crippen LogP contribution >= 0.6 is 0 Å². The largest absolute Gasteiger partial charge is 0.377 e. The third kappa shape index (κ3) is 2.50. The number of nitrogens with zero attached hydrogens (tertiary/aromatic N) is 6. The molecular weight excluding hydrogens is 342 g/mol. The summed E-state index contributed by atoms with van der Waals surface area (Å²) >= 11 is 0. The van der Waals surface area contributed by atoms with Crippen LogP contribution in [0.15, 0.2) is 23.5 Å². The van der Waals surface area contributed by atoms with Crippen LogP contribution in [0, 0.1) is 5.92 Å². The molecule has 0 aliphatic carbocycles. The smallest absolute Gasteiger partial charge is 0.179 e. The maximum Gasteiger partial charge on any atom is 0.179 e. The summed E-state index contributed by atoms with van der Waals surface area (Å²) in [6.07, 6.45) is 7.81. The van der Waals surface area contributed by atoms with Crippen molar-refractivity contribution in [2.24, 2.45) is 10.9 Å². The molecule has 2 atom stereocenters. The first-order valence-electron chi connectivity index (χ1n) is 9.66. The molecule has 0 spiro atoms. The minimum absolute atomic E-state index is 0.0904. The lowest BCUT2D eigenvalue weighted by molar-refractivity contribution is -0.130. The molecule has 3 aromatic heterocycles. The highest BCUT2D eigenvalue weighted by Crippen LogP contribution is 2.41. The fraction of sp³-hybridized carbons (Fsp3) is 0.579. The van der Waals surface area contributed by atoms with E-state index in [1.165, 1.54) is 0 Å². The second kappa shape index (κ2) is 6.38. The molecule has 8 heteroatoms. The molecule has 8 nitrogen and oxygen atoms in total. The zero-order chi connectivity index (χ0) is 18.4. The zero-order valence-corrected chi connectivity index (χ0v) is 15.8. The Morgan fingerprint density at radius 2 is 2.26 bits per heavy atom. The summed E-state index contributed by atoms with van der Waals surface area (Å²) in [5, 5.41) is 9.01. The average molecular weight is 367 g/mol. The predicted molar refractivity (Wildman–Crippen MR) is 103 cm³/mol. The molecule has 142 valence electrons. The molecule has 0 aromatic carbocycles. The topological polar surface area (TPSA) is 83.7 Å². The van der Waals surface area contributed by atoms with Crippen LogP contribution in [0.3, 0.4) is 0 Å². The number of ether oxygens (including phenoxy) is 1. The molecule has 27 heavy (non-hydrogen) atoms. The Hall–Kier alpha value is -2.32. The number of hydrogen-bond donors (Lipinski definition) is 1. The van der Waals surface area contributed by atoms with Gasteiger partial charge in [0.05, 0.1) is 30.5 Å². The fourth-order valence-electron chi connectivity index (χ4n) is 4.63. The number of aromatic amines is 1. The van der Waals surface area contributed by atoms with Crippen LogP contribution < -0.4 is 0 Å². The normalized spacial score (nSPS) is 25.7. The Labute approximate surface area is 157 Å². The van der Waals surface area contributed by atoms with Crippen LogP contribution in [0.1, 0.15) is 31.5 Å². The number of aromatic nitrogens is 5. The van der Waals surface area contributed by atoms with E-state index in [1.54, 1.807) is 6.20 Å². The molecule has 2 aliphatic rings. The highest BCUT2D eigenvalue weighted by molar-refractivity contribution is 5.74. The molecule has 2 fully saturated rings. The van der Waals surface area contributed by atoms with Crippen molar-refractivity contribution in [3.05, 3.63) is 24.3 Å². The maximum atomic E-state index is 5.61. The third-order valence-corrected chi connectivity index (χ3v) is 6.33. The second-order valence-corrected chi connectivity index (χ2v) is 7.76. The van der Waals surface area contributed by atoms with E-state index in [9.17, 15) is 0 Å². The third-order valence-electron chi connectivity index (χ3n) is 6.33. The summed E-state index contributed by atoms with van der Waals surface area (Å²) in [5.74, 6) is 1.95. The number of H-pyrrole nitrogens is 1. The number of aliphatic imine (C=N–C) groups is 1. The van der Waals surface area contributed by atoms with E-state index < -0.39 is 0 Å². The van der Waals surface area contributed by atoms with Crippen LogP contribution in [0.4, 0.5) is 0 Å². The molecule has 0 amide bonds. The Morgan fingerprint density at radius 3 is 3.00 bits per heavy atom. The van der Waals surface area contributed by atoms with E-state index >= 15 is 0 Å². The van der Waals surface area contributed by atoms with Gasteiger partial charge in [0.1, 0.15) is 5.82 Å². The number of nitrogens with one attached hydrogen (secondary N) is 1. The van der Waals surface area contributed by atoms with Crippen LogP contribution in [0.2, 0.25) is 0 Å². The molecule has 2 saturated heterocycles. The number of rotatable bonds is 5. The SMILES string of the molecule is CC[C@@H]1CN(C2(CC=NC)COC2)C[C@@H]1c1nnc2cnc3[nH]ccc3n12. The lowest BCUT2D eigenvalue weighted by atomic mass is 9.91. The Bertz CT molecular complexity index is 986. The van der Waals surface area contributed by atoms with Crippen molar-refractivity contribution in [3.8, 4) is 0 Å². The molecule has 2 aliphatic heterocycles. The molecular formula is C19H25N7O. The quantitative estimate of drug-likeness (QED) is 0.696. The fourth-order valence-corrected chi connectivity index (χ4v) is 4.63. The minimum Gasteiger partial charge on any atom is -0.377 e. The van der Waals surface area contributed by atoms with Crippen molar-refractivity contribution in [2.45, 2.75) is 31.2 Å². The van der Waals surface area contributed by atoms with Crippen molar-refractivity contribution in [1.29, 1.82) is 0 Å². The van der Waals surface area contributed by atoms with Gasteiger partial charge >= 0.3 is 0 Å². The van der Waals surface area contributed by atoms with E-state index in [2.05, 4.69) is 47.4 Å². The zero-order valence-electron chi connectivity index (χ0n) is 15.8. The van der Waals surface area contributed by atoms with Crippen molar-refractivity contribution < 1.29 is 4.74 Å². The van der Waals surface area contributed by atoms with E-state index in [-0.39, 0.29) is 5.54 Å². The van der Waals surface area contributed by atoms with Crippen molar-refractivity contribution in [3.63, 3.8) is 0 Å². The molecule has 0 bridgehead atoms. The predicted octanol–water partition coefficient (Wildman–Crippen LogP) is 1.89. The van der Waals surface area contributed by atoms with Gasteiger partial charge in [-0.2, -0.15) is 0 Å². The Kier molecular flexibility index (Phi) is 3.98. The summed E-state index contributed by atoms with van der Waals surface area (Å²) in [4.78, 5) is 14.4. The molecule has 0 unspecified atom stereocenters.